The number of benzene rings is 1. The normalized spacial score (nSPS) is 16.6. The number of halogens is 1. The molecule has 1 atom stereocenters. The van der Waals surface area contributed by atoms with Crippen LogP contribution >= 0.6 is 11.6 Å². The number of ether oxygens (including phenoxy) is 2. The van der Waals surface area contributed by atoms with Gasteiger partial charge in [0.2, 0.25) is 0 Å². The summed E-state index contributed by atoms with van der Waals surface area (Å²) < 4.78 is 11.4. The van der Waals surface area contributed by atoms with Crippen LogP contribution in [0.25, 0.3) is 0 Å². The summed E-state index contributed by atoms with van der Waals surface area (Å²) in [7, 11) is 0. The quantitative estimate of drug-likeness (QED) is 0.829. The lowest BCUT2D eigenvalue weighted by Gasteiger charge is -2.31. The van der Waals surface area contributed by atoms with Crippen LogP contribution in [0.15, 0.2) is 12.1 Å². The van der Waals surface area contributed by atoms with E-state index < -0.39 is 0 Å². The fourth-order valence-electron chi connectivity index (χ4n) is 2.66. The van der Waals surface area contributed by atoms with E-state index >= 15 is 0 Å². The summed E-state index contributed by atoms with van der Waals surface area (Å²) in [6.07, 6.45) is 0.894. The first-order valence-electron chi connectivity index (χ1n) is 8.14. The highest BCUT2D eigenvalue weighted by Gasteiger charge is 2.24. The highest BCUT2D eigenvalue weighted by atomic mass is 35.5. The predicted octanol–water partition coefficient (Wildman–Crippen LogP) is 3.00. The second-order valence-corrected chi connectivity index (χ2v) is 5.84. The van der Waals surface area contributed by atoms with Crippen LogP contribution in [0, 0.1) is 11.3 Å². The Labute approximate surface area is 143 Å². The lowest BCUT2D eigenvalue weighted by molar-refractivity contribution is 0.207. The third-order valence-corrected chi connectivity index (χ3v) is 4.02. The molecule has 1 saturated heterocycles. The smallest absolute Gasteiger partial charge is 0.179 e. The number of hydrogen-bond acceptors (Lipinski definition) is 5. The van der Waals surface area contributed by atoms with E-state index in [1.807, 2.05) is 26.0 Å². The molecule has 0 radical (unpaired) electrons. The molecule has 23 heavy (non-hydrogen) atoms. The zero-order chi connectivity index (χ0) is 16.7. The average Bonchev–Trinajstić information content (AvgIpc) is 2.56. The Morgan fingerprint density at radius 2 is 2.04 bits per heavy atom. The van der Waals surface area contributed by atoms with Crippen LogP contribution in [-0.4, -0.2) is 44.3 Å². The number of nitriles is 1. The number of rotatable bonds is 7. The summed E-state index contributed by atoms with van der Waals surface area (Å²) in [5.41, 5.74) is 0.853. The van der Waals surface area contributed by atoms with Crippen molar-refractivity contribution in [2.45, 2.75) is 26.3 Å². The van der Waals surface area contributed by atoms with Crippen molar-refractivity contribution in [1.29, 1.82) is 5.26 Å². The van der Waals surface area contributed by atoms with E-state index in [9.17, 15) is 5.26 Å². The van der Waals surface area contributed by atoms with Gasteiger partial charge in [0, 0.05) is 26.2 Å². The zero-order valence-corrected chi connectivity index (χ0v) is 14.5. The van der Waals surface area contributed by atoms with Crippen LogP contribution in [0.4, 0.5) is 0 Å². The van der Waals surface area contributed by atoms with Crippen molar-refractivity contribution in [2.75, 3.05) is 39.4 Å². The number of piperazine rings is 1. The van der Waals surface area contributed by atoms with Gasteiger partial charge in [-0.1, -0.05) is 18.5 Å². The van der Waals surface area contributed by atoms with E-state index in [4.69, 9.17) is 21.1 Å². The summed E-state index contributed by atoms with van der Waals surface area (Å²) in [4.78, 5) is 2.16. The van der Waals surface area contributed by atoms with E-state index in [1.54, 1.807) is 0 Å². The second kappa shape index (κ2) is 8.97. The van der Waals surface area contributed by atoms with Crippen molar-refractivity contribution in [3.63, 3.8) is 0 Å². The Morgan fingerprint density at radius 3 is 2.65 bits per heavy atom. The van der Waals surface area contributed by atoms with E-state index in [2.05, 4.69) is 16.3 Å². The molecule has 5 nitrogen and oxygen atoms in total. The summed E-state index contributed by atoms with van der Waals surface area (Å²) in [6.45, 7) is 8.53. The van der Waals surface area contributed by atoms with Gasteiger partial charge in [0.05, 0.1) is 24.3 Å². The zero-order valence-electron chi connectivity index (χ0n) is 13.8. The van der Waals surface area contributed by atoms with Crippen LogP contribution in [0.5, 0.6) is 11.5 Å². The van der Waals surface area contributed by atoms with Gasteiger partial charge in [-0.05, 0) is 31.0 Å². The number of nitrogens with one attached hydrogen (secondary N) is 1. The van der Waals surface area contributed by atoms with Crippen molar-refractivity contribution in [1.82, 2.24) is 10.2 Å². The Morgan fingerprint density at radius 1 is 1.30 bits per heavy atom. The highest BCUT2D eigenvalue weighted by Crippen LogP contribution is 2.39. The number of nitrogens with zero attached hydrogens (tertiary/aromatic N) is 2. The lowest BCUT2D eigenvalue weighted by atomic mass is 10.0. The minimum absolute atomic E-state index is 0.325. The summed E-state index contributed by atoms with van der Waals surface area (Å²) in [6, 6.07) is 5.78. The number of hydrogen-bond donors (Lipinski definition) is 1. The van der Waals surface area contributed by atoms with Gasteiger partial charge in [-0.15, -0.1) is 0 Å². The van der Waals surface area contributed by atoms with Gasteiger partial charge >= 0.3 is 0 Å². The van der Waals surface area contributed by atoms with Crippen LogP contribution < -0.4 is 14.8 Å². The van der Waals surface area contributed by atoms with Crippen LogP contribution in [-0.2, 0) is 0 Å². The summed E-state index contributed by atoms with van der Waals surface area (Å²) in [5.74, 6) is 1.18. The molecule has 1 N–H and O–H groups in total. The maximum atomic E-state index is 9.63. The monoisotopic (exact) mass is 337 g/mol. The van der Waals surface area contributed by atoms with Crippen LogP contribution in [0.1, 0.15) is 31.9 Å². The molecule has 1 aliphatic heterocycles. The van der Waals surface area contributed by atoms with Gasteiger partial charge in [0.15, 0.2) is 11.5 Å². The molecule has 0 aliphatic carbocycles. The van der Waals surface area contributed by atoms with Crippen molar-refractivity contribution < 1.29 is 9.47 Å². The molecule has 0 saturated carbocycles. The topological polar surface area (TPSA) is 57.5 Å². The maximum absolute atomic E-state index is 9.63. The lowest BCUT2D eigenvalue weighted by Crippen LogP contribution is -2.44. The van der Waals surface area contributed by atoms with E-state index in [-0.39, 0.29) is 6.04 Å². The molecule has 126 valence electrons. The Hall–Kier alpha value is -1.48. The van der Waals surface area contributed by atoms with E-state index in [0.717, 1.165) is 38.2 Å². The van der Waals surface area contributed by atoms with Gasteiger partial charge in [0.25, 0.3) is 0 Å². The molecule has 6 heteroatoms. The maximum Gasteiger partial charge on any atom is 0.179 e. The average molecular weight is 338 g/mol. The fraction of sp³-hybridized carbons (Fsp3) is 0.588. The van der Waals surface area contributed by atoms with Gasteiger partial charge < -0.3 is 14.8 Å². The minimum Gasteiger partial charge on any atom is -0.490 e. The first-order chi connectivity index (χ1) is 11.2. The fourth-order valence-corrected chi connectivity index (χ4v) is 2.93. The van der Waals surface area contributed by atoms with Gasteiger partial charge in [-0.2, -0.15) is 5.26 Å². The standard InChI is InChI=1S/C17H24ClN3O2/c1-3-9-23-17-14(18)10-13(11-16(17)22-4-2)15(12-19)21-7-5-20-6-8-21/h10-11,15,20H,3-9H2,1-2H3. The molecule has 0 aromatic heterocycles. The molecule has 1 heterocycles. The first kappa shape index (κ1) is 17.9. The van der Waals surface area contributed by atoms with E-state index in [0.29, 0.717) is 29.7 Å². The van der Waals surface area contributed by atoms with Crippen molar-refractivity contribution in [3.8, 4) is 17.6 Å². The van der Waals surface area contributed by atoms with Crippen LogP contribution in [0.2, 0.25) is 5.02 Å². The SMILES string of the molecule is CCCOc1c(Cl)cc(C(C#N)N2CCNCC2)cc1OCC. The van der Waals surface area contributed by atoms with Crippen molar-refractivity contribution >= 4 is 11.6 Å². The van der Waals surface area contributed by atoms with Crippen molar-refractivity contribution in [3.05, 3.63) is 22.7 Å². The summed E-state index contributed by atoms with van der Waals surface area (Å²) in [5, 5.41) is 13.4. The second-order valence-electron chi connectivity index (χ2n) is 5.43. The summed E-state index contributed by atoms with van der Waals surface area (Å²) >= 11 is 6.40. The Kier molecular flexibility index (Phi) is 6.97. The third kappa shape index (κ3) is 4.51. The Balaban J connectivity index is 2.32. The first-order valence-corrected chi connectivity index (χ1v) is 8.52. The minimum atomic E-state index is -0.325. The molecule has 0 spiro atoms. The van der Waals surface area contributed by atoms with Crippen molar-refractivity contribution in [2.24, 2.45) is 0 Å². The van der Waals surface area contributed by atoms with Crippen LogP contribution in [0.3, 0.4) is 0 Å². The Bertz CT molecular complexity index is 554. The molecule has 1 fully saturated rings. The predicted molar refractivity (Wildman–Crippen MR) is 91.2 cm³/mol. The molecule has 1 aromatic rings. The molecule has 0 amide bonds. The van der Waals surface area contributed by atoms with Gasteiger partial charge in [-0.3, -0.25) is 4.90 Å². The molecule has 2 rings (SSSR count). The molecule has 1 unspecified atom stereocenters. The molecule has 1 aromatic carbocycles. The largest absolute Gasteiger partial charge is 0.490 e. The highest BCUT2D eigenvalue weighted by molar-refractivity contribution is 6.32. The third-order valence-electron chi connectivity index (χ3n) is 3.74. The van der Waals surface area contributed by atoms with Gasteiger partial charge in [0.1, 0.15) is 6.04 Å². The molecular formula is C17H24ClN3O2. The molecular weight excluding hydrogens is 314 g/mol. The van der Waals surface area contributed by atoms with E-state index in [1.165, 1.54) is 0 Å². The molecule has 1 aliphatic rings. The van der Waals surface area contributed by atoms with Gasteiger partial charge in [-0.25, -0.2) is 0 Å². The molecule has 0 bridgehead atoms.